The first-order chi connectivity index (χ1) is 9.40. The zero-order valence-electron chi connectivity index (χ0n) is 12.0. The summed E-state index contributed by atoms with van der Waals surface area (Å²) in [6, 6.07) is 0. The molecule has 7 heteroatoms. The number of unbranched alkanes of at least 4 members (excludes halogenated alkanes) is 4. The van der Waals surface area contributed by atoms with Crippen molar-refractivity contribution in [2.75, 3.05) is 13.2 Å². The second-order valence-corrected chi connectivity index (χ2v) is 4.55. The summed E-state index contributed by atoms with van der Waals surface area (Å²) in [5.41, 5.74) is 0. The summed E-state index contributed by atoms with van der Waals surface area (Å²) in [7, 11) is 0. The van der Waals surface area contributed by atoms with Crippen LogP contribution in [-0.2, 0) is 4.79 Å². The summed E-state index contributed by atoms with van der Waals surface area (Å²) < 4.78 is 0. The molecule has 0 saturated carbocycles. The number of carboxylic acid groups (broad SMARTS) is 1. The van der Waals surface area contributed by atoms with Crippen LogP contribution in [-0.4, -0.2) is 68.1 Å². The predicted octanol–water partition coefficient (Wildman–Crippen LogP) is -0.515. The van der Waals surface area contributed by atoms with E-state index < -0.39 is 37.5 Å². The van der Waals surface area contributed by atoms with Crippen molar-refractivity contribution in [3.8, 4) is 0 Å². The SMILES string of the molecule is CCCCCCCC(=O)O.OCC(O)C(O)C(O)CO. The van der Waals surface area contributed by atoms with Crippen LogP contribution in [0.25, 0.3) is 0 Å². The third kappa shape index (κ3) is 13.7. The summed E-state index contributed by atoms with van der Waals surface area (Å²) in [4.78, 5) is 10.0. The van der Waals surface area contributed by atoms with Crippen LogP contribution in [0, 0.1) is 0 Å². The molecule has 7 nitrogen and oxygen atoms in total. The first-order valence-corrected chi connectivity index (χ1v) is 6.88. The molecule has 0 aliphatic rings. The Kier molecular flexibility index (Phi) is 15.8. The van der Waals surface area contributed by atoms with E-state index in [9.17, 15) is 4.79 Å². The van der Waals surface area contributed by atoms with Crippen molar-refractivity contribution in [1.29, 1.82) is 0 Å². The highest BCUT2D eigenvalue weighted by Gasteiger charge is 2.22. The molecule has 6 N–H and O–H groups in total. The summed E-state index contributed by atoms with van der Waals surface area (Å²) >= 11 is 0. The van der Waals surface area contributed by atoms with Crippen LogP contribution in [0.1, 0.15) is 45.4 Å². The van der Waals surface area contributed by atoms with Gasteiger partial charge in [-0.1, -0.05) is 32.6 Å². The second-order valence-electron chi connectivity index (χ2n) is 4.55. The number of carbonyl (C=O) groups is 1. The molecule has 0 bridgehead atoms. The van der Waals surface area contributed by atoms with Crippen molar-refractivity contribution >= 4 is 5.97 Å². The monoisotopic (exact) mass is 296 g/mol. The van der Waals surface area contributed by atoms with Gasteiger partial charge < -0.3 is 30.6 Å². The normalized spacial score (nSPS) is 14.9. The van der Waals surface area contributed by atoms with Gasteiger partial charge in [-0.15, -0.1) is 0 Å². The van der Waals surface area contributed by atoms with E-state index in [0.717, 1.165) is 12.8 Å². The minimum absolute atomic E-state index is 0.337. The molecule has 0 aromatic heterocycles. The van der Waals surface area contributed by atoms with Gasteiger partial charge in [-0.3, -0.25) is 4.79 Å². The standard InChI is InChI=1S/C8H16O2.C5H12O5/c1-2-3-4-5-6-7-8(9)10;6-1-3(8)5(10)4(9)2-7/h2-7H2,1H3,(H,9,10);3-10H,1-2H2. The van der Waals surface area contributed by atoms with Gasteiger partial charge in [-0.2, -0.15) is 0 Å². The lowest BCUT2D eigenvalue weighted by Gasteiger charge is -2.19. The van der Waals surface area contributed by atoms with Gasteiger partial charge in [-0.25, -0.2) is 0 Å². The van der Waals surface area contributed by atoms with Gasteiger partial charge in [0.25, 0.3) is 0 Å². The molecular formula is C13H28O7. The second kappa shape index (κ2) is 14.7. The van der Waals surface area contributed by atoms with Crippen molar-refractivity contribution in [2.24, 2.45) is 0 Å². The Morgan fingerprint density at radius 2 is 1.35 bits per heavy atom. The molecule has 0 aromatic rings. The highest BCUT2D eigenvalue weighted by Crippen LogP contribution is 2.04. The quantitative estimate of drug-likeness (QED) is 0.298. The Morgan fingerprint density at radius 3 is 1.70 bits per heavy atom. The van der Waals surface area contributed by atoms with Gasteiger partial charge in [0.15, 0.2) is 0 Å². The Hall–Kier alpha value is -0.730. The zero-order chi connectivity index (χ0) is 16.0. The number of hydrogen-bond acceptors (Lipinski definition) is 6. The Labute approximate surface area is 119 Å². The molecule has 0 rings (SSSR count). The lowest BCUT2D eigenvalue weighted by Crippen LogP contribution is -2.41. The van der Waals surface area contributed by atoms with Crippen LogP contribution in [0.5, 0.6) is 0 Å². The van der Waals surface area contributed by atoms with Gasteiger partial charge in [0.2, 0.25) is 0 Å². The van der Waals surface area contributed by atoms with E-state index in [0.29, 0.717) is 6.42 Å². The molecule has 122 valence electrons. The van der Waals surface area contributed by atoms with Crippen molar-refractivity contribution < 1.29 is 35.4 Å². The highest BCUT2D eigenvalue weighted by atomic mass is 16.4. The van der Waals surface area contributed by atoms with Gasteiger partial charge >= 0.3 is 5.97 Å². The molecule has 0 spiro atoms. The predicted molar refractivity (Wildman–Crippen MR) is 73.2 cm³/mol. The van der Waals surface area contributed by atoms with Crippen molar-refractivity contribution in [3.05, 3.63) is 0 Å². The van der Waals surface area contributed by atoms with E-state index in [2.05, 4.69) is 6.92 Å². The summed E-state index contributed by atoms with van der Waals surface area (Å²) in [6.07, 6.45) is 1.59. The van der Waals surface area contributed by atoms with Gasteiger partial charge in [0, 0.05) is 6.42 Å². The van der Waals surface area contributed by atoms with E-state index in [4.69, 9.17) is 30.6 Å². The maximum Gasteiger partial charge on any atom is 0.303 e. The fourth-order valence-electron chi connectivity index (χ4n) is 1.35. The highest BCUT2D eigenvalue weighted by molar-refractivity contribution is 5.66. The van der Waals surface area contributed by atoms with E-state index in [1.165, 1.54) is 19.3 Å². The van der Waals surface area contributed by atoms with Crippen LogP contribution in [0.4, 0.5) is 0 Å². The smallest absolute Gasteiger partial charge is 0.303 e. The van der Waals surface area contributed by atoms with E-state index in [1.807, 2.05) is 0 Å². The minimum Gasteiger partial charge on any atom is -0.481 e. The molecule has 0 aliphatic heterocycles. The van der Waals surface area contributed by atoms with Gasteiger partial charge in [0.1, 0.15) is 18.3 Å². The Morgan fingerprint density at radius 1 is 0.900 bits per heavy atom. The van der Waals surface area contributed by atoms with Crippen LogP contribution in [0.2, 0.25) is 0 Å². The van der Waals surface area contributed by atoms with Gasteiger partial charge in [0.05, 0.1) is 13.2 Å². The van der Waals surface area contributed by atoms with Crippen molar-refractivity contribution in [2.45, 2.75) is 63.8 Å². The van der Waals surface area contributed by atoms with Crippen LogP contribution < -0.4 is 0 Å². The lowest BCUT2D eigenvalue weighted by molar-refractivity contribution is -0.137. The Bertz CT molecular complexity index is 213. The maximum absolute atomic E-state index is 10.0. The number of carboxylic acids is 1. The molecule has 0 fully saturated rings. The molecule has 0 aromatic carbocycles. The minimum atomic E-state index is -1.49. The molecule has 0 aliphatic carbocycles. The van der Waals surface area contributed by atoms with Crippen LogP contribution in [0.3, 0.4) is 0 Å². The fourth-order valence-corrected chi connectivity index (χ4v) is 1.35. The number of hydrogen-bond donors (Lipinski definition) is 6. The average molecular weight is 296 g/mol. The summed E-state index contributed by atoms with van der Waals surface area (Å²) in [6.45, 7) is 0.869. The number of aliphatic hydroxyl groups excluding tert-OH is 5. The first-order valence-electron chi connectivity index (χ1n) is 6.88. The van der Waals surface area contributed by atoms with Crippen molar-refractivity contribution in [3.63, 3.8) is 0 Å². The van der Waals surface area contributed by atoms with Gasteiger partial charge in [-0.05, 0) is 6.42 Å². The fraction of sp³-hybridized carbons (Fsp3) is 0.923. The molecule has 2 unspecified atom stereocenters. The van der Waals surface area contributed by atoms with E-state index in [-0.39, 0.29) is 0 Å². The molecular weight excluding hydrogens is 268 g/mol. The van der Waals surface area contributed by atoms with E-state index in [1.54, 1.807) is 0 Å². The number of aliphatic hydroxyl groups is 5. The third-order valence-corrected chi connectivity index (χ3v) is 2.66. The average Bonchev–Trinajstić information content (AvgIpc) is 2.44. The largest absolute Gasteiger partial charge is 0.481 e. The van der Waals surface area contributed by atoms with E-state index >= 15 is 0 Å². The number of aliphatic carboxylic acids is 1. The molecule has 2 atom stereocenters. The third-order valence-electron chi connectivity index (χ3n) is 2.66. The Balaban J connectivity index is 0. The molecule has 0 heterocycles. The lowest BCUT2D eigenvalue weighted by atomic mass is 10.1. The van der Waals surface area contributed by atoms with Crippen LogP contribution in [0.15, 0.2) is 0 Å². The first kappa shape index (κ1) is 21.6. The van der Waals surface area contributed by atoms with Crippen LogP contribution >= 0.6 is 0 Å². The summed E-state index contributed by atoms with van der Waals surface area (Å²) in [5.74, 6) is -0.670. The molecule has 0 amide bonds. The zero-order valence-corrected chi connectivity index (χ0v) is 12.0. The maximum atomic E-state index is 10.0. The molecule has 0 saturated heterocycles. The molecule has 20 heavy (non-hydrogen) atoms. The molecule has 0 radical (unpaired) electrons. The van der Waals surface area contributed by atoms with Crippen molar-refractivity contribution in [1.82, 2.24) is 0 Å². The number of rotatable bonds is 10. The summed E-state index contributed by atoms with van der Waals surface area (Å²) in [5, 5.41) is 50.8. The topological polar surface area (TPSA) is 138 Å².